The lowest BCUT2D eigenvalue weighted by Gasteiger charge is -2.09. The predicted octanol–water partition coefficient (Wildman–Crippen LogP) is 4.20. The van der Waals surface area contributed by atoms with Gasteiger partial charge in [0.15, 0.2) is 0 Å². The van der Waals surface area contributed by atoms with Gasteiger partial charge in [0.2, 0.25) is 0 Å². The minimum absolute atomic E-state index is 0.793. The number of benzene rings is 1. The van der Waals surface area contributed by atoms with Crippen molar-refractivity contribution in [3.63, 3.8) is 0 Å². The monoisotopic (exact) mass is 303 g/mol. The molecule has 0 radical (unpaired) electrons. The number of nitrogens with one attached hydrogen (secondary N) is 1. The van der Waals surface area contributed by atoms with E-state index >= 15 is 0 Å². The highest BCUT2D eigenvalue weighted by Crippen LogP contribution is 2.30. The van der Waals surface area contributed by atoms with Crippen molar-refractivity contribution in [2.75, 3.05) is 11.9 Å². The van der Waals surface area contributed by atoms with Crippen LogP contribution in [0.3, 0.4) is 0 Å². The third-order valence-corrected chi connectivity index (χ3v) is 2.85. The first kappa shape index (κ1) is 10.8. The molecule has 0 unspecified atom stereocenters. The van der Waals surface area contributed by atoms with Crippen molar-refractivity contribution in [3.05, 3.63) is 39.3 Å². The Balaban J connectivity index is 2.81. The lowest BCUT2D eigenvalue weighted by molar-refractivity contribution is 1.21. The summed E-state index contributed by atoms with van der Waals surface area (Å²) in [5.41, 5.74) is 2.19. The summed E-state index contributed by atoms with van der Waals surface area (Å²) in [5.74, 6) is 0. The lowest BCUT2D eigenvalue weighted by atomic mass is 10.3. The number of anilines is 1. The van der Waals surface area contributed by atoms with E-state index in [1.165, 1.54) is 0 Å². The molecular formula is C10H11Br2N. The van der Waals surface area contributed by atoms with E-state index in [4.69, 9.17) is 0 Å². The Morgan fingerprint density at radius 3 is 2.38 bits per heavy atom. The maximum absolute atomic E-state index is 3.84. The molecule has 0 spiro atoms. The van der Waals surface area contributed by atoms with Gasteiger partial charge in [-0.25, -0.2) is 0 Å². The van der Waals surface area contributed by atoms with Crippen LogP contribution in [0.2, 0.25) is 0 Å². The van der Waals surface area contributed by atoms with Gasteiger partial charge in [-0.2, -0.15) is 0 Å². The van der Waals surface area contributed by atoms with Gasteiger partial charge < -0.3 is 5.32 Å². The van der Waals surface area contributed by atoms with E-state index in [-0.39, 0.29) is 0 Å². The summed E-state index contributed by atoms with van der Waals surface area (Å²) in [7, 11) is 0. The first-order valence-corrected chi connectivity index (χ1v) is 5.52. The second kappa shape index (κ2) is 4.82. The van der Waals surface area contributed by atoms with Gasteiger partial charge in [-0.05, 0) is 50.9 Å². The van der Waals surface area contributed by atoms with Crippen molar-refractivity contribution in [1.82, 2.24) is 0 Å². The number of halogens is 2. The quantitative estimate of drug-likeness (QED) is 0.825. The zero-order chi connectivity index (χ0) is 9.84. The van der Waals surface area contributed by atoms with Crippen LogP contribution in [0.4, 0.5) is 5.69 Å². The Hall–Kier alpha value is -0.280. The van der Waals surface area contributed by atoms with Crippen molar-refractivity contribution < 1.29 is 0 Å². The van der Waals surface area contributed by atoms with E-state index in [9.17, 15) is 0 Å². The Morgan fingerprint density at radius 2 is 1.92 bits per heavy atom. The molecule has 0 fully saturated rings. The molecule has 1 N–H and O–H groups in total. The van der Waals surface area contributed by atoms with E-state index in [1.807, 2.05) is 25.1 Å². The molecule has 0 aromatic heterocycles. The van der Waals surface area contributed by atoms with Crippen LogP contribution in [0.1, 0.15) is 6.92 Å². The molecule has 0 saturated heterocycles. The minimum Gasteiger partial charge on any atom is -0.379 e. The van der Waals surface area contributed by atoms with Crippen LogP contribution in [0, 0.1) is 0 Å². The van der Waals surface area contributed by atoms with Gasteiger partial charge >= 0.3 is 0 Å². The van der Waals surface area contributed by atoms with E-state index < -0.39 is 0 Å². The summed E-state index contributed by atoms with van der Waals surface area (Å²) in [6.45, 7) is 6.63. The largest absolute Gasteiger partial charge is 0.379 e. The Bertz CT molecular complexity index is 300. The third-order valence-electron chi connectivity index (χ3n) is 1.53. The van der Waals surface area contributed by atoms with Crippen LogP contribution >= 0.6 is 31.9 Å². The normalized spacial score (nSPS) is 9.77. The highest BCUT2D eigenvalue weighted by atomic mass is 79.9. The molecule has 0 saturated carbocycles. The molecule has 1 aromatic rings. The molecule has 0 bridgehead atoms. The molecule has 0 aliphatic carbocycles. The Morgan fingerprint density at radius 1 is 1.38 bits per heavy atom. The van der Waals surface area contributed by atoms with Gasteiger partial charge in [0.25, 0.3) is 0 Å². The zero-order valence-corrected chi connectivity index (χ0v) is 10.6. The van der Waals surface area contributed by atoms with E-state index in [0.29, 0.717) is 0 Å². The second-order valence-electron chi connectivity index (χ2n) is 2.91. The Kier molecular flexibility index (Phi) is 4.00. The summed E-state index contributed by atoms with van der Waals surface area (Å²) < 4.78 is 2.12. The van der Waals surface area contributed by atoms with Gasteiger partial charge in [0.1, 0.15) is 0 Å². The molecule has 1 rings (SSSR count). The van der Waals surface area contributed by atoms with E-state index in [1.54, 1.807) is 0 Å². The molecule has 0 aliphatic rings. The molecule has 1 aromatic carbocycles. The van der Waals surface area contributed by atoms with Crippen LogP contribution in [0.15, 0.2) is 39.3 Å². The SMILES string of the molecule is C=C(C)CNc1c(Br)cccc1Br. The number of hydrogen-bond acceptors (Lipinski definition) is 1. The summed E-state index contributed by atoms with van der Waals surface area (Å²) in [6, 6.07) is 6.00. The molecule has 3 heteroatoms. The van der Waals surface area contributed by atoms with Crippen molar-refractivity contribution in [2.45, 2.75) is 6.92 Å². The molecule has 70 valence electrons. The number of rotatable bonds is 3. The highest BCUT2D eigenvalue weighted by Gasteiger charge is 2.02. The maximum Gasteiger partial charge on any atom is 0.0631 e. The molecule has 0 aliphatic heterocycles. The first-order valence-electron chi connectivity index (χ1n) is 3.93. The zero-order valence-electron chi connectivity index (χ0n) is 7.40. The number of hydrogen-bond donors (Lipinski definition) is 1. The molecule has 0 atom stereocenters. The number of para-hydroxylation sites is 1. The average molecular weight is 305 g/mol. The van der Waals surface area contributed by atoms with Gasteiger partial charge in [-0.1, -0.05) is 18.2 Å². The summed E-state index contributed by atoms with van der Waals surface area (Å²) >= 11 is 6.95. The molecule has 0 amide bonds. The first-order chi connectivity index (χ1) is 6.11. The van der Waals surface area contributed by atoms with Gasteiger partial charge in [0.05, 0.1) is 5.69 Å². The fourth-order valence-corrected chi connectivity index (χ4v) is 2.18. The predicted molar refractivity (Wildman–Crippen MR) is 65.1 cm³/mol. The fraction of sp³-hybridized carbons (Fsp3) is 0.200. The van der Waals surface area contributed by atoms with Crippen molar-refractivity contribution in [3.8, 4) is 0 Å². The maximum atomic E-state index is 3.84. The van der Waals surface area contributed by atoms with Crippen molar-refractivity contribution in [1.29, 1.82) is 0 Å². The standard InChI is InChI=1S/C10H11Br2N/c1-7(2)6-13-10-8(11)4-3-5-9(10)12/h3-5,13H,1,6H2,2H3. The molecule has 1 nitrogen and oxygen atoms in total. The second-order valence-corrected chi connectivity index (χ2v) is 4.62. The molecule has 0 heterocycles. The molecule has 13 heavy (non-hydrogen) atoms. The van der Waals surface area contributed by atoms with Crippen LogP contribution in [0.25, 0.3) is 0 Å². The van der Waals surface area contributed by atoms with Crippen LogP contribution in [-0.2, 0) is 0 Å². The van der Waals surface area contributed by atoms with Crippen molar-refractivity contribution in [2.24, 2.45) is 0 Å². The summed E-state index contributed by atoms with van der Waals surface area (Å²) in [5, 5.41) is 3.29. The summed E-state index contributed by atoms with van der Waals surface area (Å²) in [6.07, 6.45) is 0. The fourth-order valence-electron chi connectivity index (χ4n) is 0.906. The topological polar surface area (TPSA) is 12.0 Å². The molecular weight excluding hydrogens is 294 g/mol. The van der Waals surface area contributed by atoms with E-state index in [2.05, 4.69) is 43.8 Å². The lowest BCUT2D eigenvalue weighted by Crippen LogP contribution is -2.02. The van der Waals surface area contributed by atoms with Crippen LogP contribution in [0.5, 0.6) is 0 Å². The smallest absolute Gasteiger partial charge is 0.0631 e. The van der Waals surface area contributed by atoms with Crippen LogP contribution < -0.4 is 5.32 Å². The van der Waals surface area contributed by atoms with Crippen molar-refractivity contribution >= 4 is 37.5 Å². The minimum atomic E-state index is 0.793. The third kappa shape index (κ3) is 3.16. The Labute approximate surface area is 95.5 Å². The van der Waals surface area contributed by atoms with Gasteiger partial charge in [0, 0.05) is 15.5 Å². The summed E-state index contributed by atoms with van der Waals surface area (Å²) in [4.78, 5) is 0. The van der Waals surface area contributed by atoms with Crippen LogP contribution in [-0.4, -0.2) is 6.54 Å². The van der Waals surface area contributed by atoms with Gasteiger partial charge in [-0.15, -0.1) is 0 Å². The highest BCUT2D eigenvalue weighted by molar-refractivity contribution is 9.11. The van der Waals surface area contributed by atoms with Gasteiger partial charge in [-0.3, -0.25) is 0 Å². The van der Waals surface area contributed by atoms with E-state index in [0.717, 1.165) is 26.8 Å². The average Bonchev–Trinajstić information content (AvgIpc) is 2.03.